The number of aryl methyl sites for hydroxylation is 1. The number of aromatic nitrogens is 2. The van der Waals surface area contributed by atoms with E-state index in [2.05, 4.69) is 77.6 Å². The molecule has 2 aromatic carbocycles. The lowest BCUT2D eigenvalue weighted by Gasteiger charge is -2.27. The highest BCUT2D eigenvalue weighted by Gasteiger charge is 2.16. The second-order valence-corrected chi connectivity index (χ2v) is 5.99. The molecule has 1 aromatic heterocycles. The molecule has 0 atom stereocenters. The average molecular weight is 305 g/mol. The van der Waals surface area contributed by atoms with Crippen LogP contribution in [0.3, 0.4) is 0 Å². The van der Waals surface area contributed by atoms with Crippen LogP contribution in [0.2, 0.25) is 0 Å². The molecule has 0 fully saturated rings. The number of nitrogens with one attached hydrogen (secondary N) is 1. The number of benzene rings is 2. The predicted octanol–water partition coefficient (Wildman–Crippen LogP) is 3.88. The smallest absolute Gasteiger partial charge is 0.143 e. The number of rotatable bonds is 2. The molecule has 4 heteroatoms. The molecule has 0 radical (unpaired) electrons. The summed E-state index contributed by atoms with van der Waals surface area (Å²) in [5, 5.41) is 7.59. The SMILES string of the molecule is Cc1cccc(-c2cc(-c3ccc4c(c3)OCCN4C)[nH]n2)c1. The molecule has 4 nitrogen and oxygen atoms in total. The van der Waals surface area contributed by atoms with E-state index in [1.807, 2.05) is 0 Å². The molecule has 0 unspecified atom stereocenters. The second kappa shape index (κ2) is 5.47. The van der Waals surface area contributed by atoms with E-state index in [4.69, 9.17) is 4.74 Å². The molecule has 0 saturated heterocycles. The number of fused-ring (bicyclic) bond motifs is 1. The summed E-state index contributed by atoms with van der Waals surface area (Å²) in [6.07, 6.45) is 0. The summed E-state index contributed by atoms with van der Waals surface area (Å²) in [6, 6.07) is 16.8. The Bertz CT molecular complexity index is 853. The summed E-state index contributed by atoms with van der Waals surface area (Å²) in [5.41, 5.74) is 6.54. The first kappa shape index (κ1) is 13.9. The van der Waals surface area contributed by atoms with Crippen molar-refractivity contribution in [1.29, 1.82) is 0 Å². The van der Waals surface area contributed by atoms with E-state index in [0.717, 1.165) is 47.1 Å². The Kier molecular flexibility index (Phi) is 3.30. The summed E-state index contributed by atoms with van der Waals surface area (Å²) in [7, 11) is 2.09. The van der Waals surface area contributed by atoms with Gasteiger partial charge in [-0.1, -0.05) is 29.8 Å². The summed E-state index contributed by atoms with van der Waals surface area (Å²) in [4.78, 5) is 2.22. The van der Waals surface area contributed by atoms with Crippen molar-refractivity contribution < 1.29 is 4.74 Å². The zero-order chi connectivity index (χ0) is 15.8. The largest absolute Gasteiger partial charge is 0.490 e. The quantitative estimate of drug-likeness (QED) is 0.781. The summed E-state index contributed by atoms with van der Waals surface area (Å²) in [6.45, 7) is 3.74. The maximum Gasteiger partial charge on any atom is 0.143 e. The molecule has 1 N–H and O–H groups in total. The molecule has 0 bridgehead atoms. The van der Waals surface area contributed by atoms with Crippen LogP contribution in [0.1, 0.15) is 5.56 Å². The normalized spacial score (nSPS) is 13.6. The third-order valence-corrected chi connectivity index (χ3v) is 4.26. The molecular weight excluding hydrogens is 286 g/mol. The third-order valence-electron chi connectivity index (χ3n) is 4.26. The van der Waals surface area contributed by atoms with Crippen molar-refractivity contribution in [3.63, 3.8) is 0 Å². The van der Waals surface area contributed by atoms with E-state index in [1.165, 1.54) is 5.56 Å². The van der Waals surface area contributed by atoms with Gasteiger partial charge in [-0.3, -0.25) is 5.10 Å². The second-order valence-electron chi connectivity index (χ2n) is 5.99. The molecule has 0 spiro atoms. The standard InChI is InChI=1S/C19H19N3O/c1-13-4-3-5-14(10-13)16-12-17(21-20-16)15-6-7-18-19(11-15)23-9-8-22(18)2/h3-7,10-12H,8-9H2,1-2H3,(H,20,21). The number of aromatic amines is 1. The first-order valence-electron chi connectivity index (χ1n) is 7.81. The van der Waals surface area contributed by atoms with Crippen LogP contribution in [0.4, 0.5) is 5.69 Å². The van der Waals surface area contributed by atoms with Crippen LogP contribution in [0.25, 0.3) is 22.5 Å². The molecular formula is C19H19N3O. The monoisotopic (exact) mass is 305 g/mol. The Morgan fingerprint density at radius 1 is 1.09 bits per heavy atom. The van der Waals surface area contributed by atoms with E-state index in [1.54, 1.807) is 0 Å². The lowest BCUT2D eigenvalue weighted by atomic mass is 10.1. The van der Waals surface area contributed by atoms with E-state index in [0.29, 0.717) is 0 Å². The average Bonchev–Trinajstić information content (AvgIpc) is 3.05. The van der Waals surface area contributed by atoms with E-state index < -0.39 is 0 Å². The maximum absolute atomic E-state index is 5.79. The van der Waals surface area contributed by atoms with Crippen molar-refractivity contribution in [3.05, 3.63) is 54.1 Å². The molecule has 2 heterocycles. The Labute approximate surface area is 135 Å². The van der Waals surface area contributed by atoms with Crippen LogP contribution < -0.4 is 9.64 Å². The van der Waals surface area contributed by atoms with Gasteiger partial charge in [-0.25, -0.2) is 0 Å². The highest BCUT2D eigenvalue weighted by atomic mass is 16.5. The molecule has 4 rings (SSSR count). The van der Waals surface area contributed by atoms with Crippen LogP contribution in [0.15, 0.2) is 48.5 Å². The zero-order valence-electron chi connectivity index (χ0n) is 13.3. The van der Waals surface area contributed by atoms with Gasteiger partial charge in [0, 0.05) is 18.2 Å². The van der Waals surface area contributed by atoms with Crippen LogP contribution in [0, 0.1) is 6.92 Å². The molecule has 3 aromatic rings. The van der Waals surface area contributed by atoms with Gasteiger partial charge in [-0.15, -0.1) is 0 Å². The van der Waals surface area contributed by atoms with Gasteiger partial charge in [0.1, 0.15) is 12.4 Å². The van der Waals surface area contributed by atoms with Crippen LogP contribution in [0.5, 0.6) is 5.75 Å². The van der Waals surface area contributed by atoms with E-state index in [9.17, 15) is 0 Å². The molecule has 116 valence electrons. The lowest BCUT2D eigenvalue weighted by Crippen LogP contribution is -2.28. The minimum absolute atomic E-state index is 0.727. The highest BCUT2D eigenvalue weighted by Crippen LogP contribution is 2.35. The zero-order valence-corrected chi connectivity index (χ0v) is 13.3. The Morgan fingerprint density at radius 2 is 2.00 bits per heavy atom. The summed E-state index contributed by atoms with van der Waals surface area (Å²) >= 11 is 0. The molecule has 23 heavy (non-hydrogen) atoms. The summed E-state index contributed by atoms with van der Waals surface area (Å²) in [5.74, 6) is 0.933. The molecule has 0 amide bonds. The van der Waals surface area contributed by atoms with Gasteiger partial charge in [-0.05, 0) is 31.2 Å². The minimum atomic E-state index is 0.727. The minimum Gasteiger partial charge on any atom is -0.490 e. The number of nitrogens with zero attached hydrogens (tertiary/aromatic N) is 2. The Morgan fingerprint density at radius 3 is 2.87 bits per heavy atom. The fourth-order valence-corrected chi connectivity index (χ4v) is 2.95. The van der Waals surface area contributed by atoms with Crippen molar-refractivity contribution in [3.8, 4) is 28.3 Å². The van der Waals surface area contributed by atoms with Gasteiger partial charge in [0.15, 0.2) is 0 Å². The van der Waals surface area contributed by atoms with Gasteiger partial charge in [0.25, 0.3) is 0 Å². The lowest BCUT2D eigenvalue weighted by molar-refractivity contribution is 0.311. The highest BCUT2D eigenvalue weighted by molar-refractivity contribution is 5.73. The van der Waals surface area contributed by atoms with Gasteiger partial charge < -0.3 is 9.64 Å². The van der Waals surface area contributed by atoms with Crippen molar-refractivity contribution in [2.24, 2.45) is 0 Å². The predicted molar refractivity (Wildman–Crippen MR) is 93.0 cm³/mol. The maximum atomic E-state index is 5.79. The van der Waals surface area contributed by atoms with Crippen LogP contribution in [-0.4, -0.2) is 30.4 Å². The number of ether oxygens (including phenoxy) is 1. The van der Waals surface area contributed by atoms with Crippen LogP contribution in [-0.2, 0) is 0 Å². The fraction of sp³-hybridized carbons (Fsp3) is 0.211. The van der Waals surface area contributed by atoms with Crippen molar-refractivity contribution >= 4 is 5.69 Å². The molecule has 1 aliphatic heterocycles. The molecule has 0 aliphatic carbocycles. The van der Waals surface area contributed by atoms with Gasteiger partial charge in [-0.2, -0.15) is 5.10 Å². The van der Waals surface area contributed by atoms with Crippen molar-refractivity contribution in [1.82, 2.24) is 10.2 Å². The number of likely N-dealkylation sites (N-methyl/N-ethyl adjacent to an activating group) is 1. The first-order chi connectivity index (χ1) is 11.2. The van der Waals surface area contributed by atoms with Gasteiger partial charge >= 0.3 is 0 Å². The van der Waals surface area contributed by atoms with Crippen LogP contribution >= 0.6 is 0 Å². The topological polar surface area (TPSA) is 41.1 Å². The Balaban J connectivity index is 1.69. The number of hydrogen-bond donors (Lipinski definition) is 1. The molecule has 1 aliphatic rings. The van der Waals surface area contributed by atoms with Crippen molar-refractivity contribution in [2.75, 3.05) is 25.1 Å². The molecule has 0 saturated carbocycles. The number of anilines is 1. The van der Waals surface area contributed by atoms with E-state index in [-0.39, 0.29) is 0 Å². The third kappa shape index (κ3) is 2.57. The van der Waals surface area contributed by atoms with Gasteiger partial charge in [0.05, 0.1) is 23.6 Å². The Hall–Kier alpha value is -2.75. The number of H-pyrrole nitrogens is 1. The summed E-state index contributed by atoms with van der Waals surface area (Å²) < 4.78 is 5.79. The number of hydrogen-bond acceptors (Lipinski definition) is 3. The fourth-order valence-electron chi connectivity index (χ4n) is 2.95. The van der Waals surface area contributed by atoms with Gasteiger partial charge in [0.2, 0.25) is 0 Å². The first-order valence-corrected chi connectivity index (χ1v) is 7.81. The van der Waals surface area contributed by atoms with E-state index >= 15 is 0 Å². The van der Waals surface area contributed by atoms with Crippen molar-refractivity contribution in [2.45, 2.75) is 6.92 Å².